The van der Waals surface area contributed by atoms with Gasteiger partial charge >= 0.3 is 6.09 Å². The highest BCUT2D eigenvalue weighted by molar-refractivity contribution is 5.68. The van der Waals surface area contributed by atoms with Crippen molar-refractivity contribution in [1.82, 2.24) is 5.32 Å². The summed E-state index contributed by atoms with van der Waals surface area (Å²) in [4.78, 5) is 12.9. The molecule has 0 fully saturated rings. The molecule has 0 saturated heterocycles. The molecule has 0 heterocycles. The van der Waals surface area contributed by atoms with Gasteiger partial charge < -0.3 is 10.1 Å². The first-order valence-corrected chi connectivity index (χ1v) is 17.4. The number of alkyl carbamates (subject to hydrolysis) is 1. The molecule has 1 N–H and O–H groups in total. The fourth-order valence-corrected chi connectivity index (χ4v) is 5.64. The Balaban J connectivity index is 2.46. The largest absolute Gasteiger partial charge is 0.449 e. The van der Waals surface area contributed by atoms with E-state index < -0.39 is 5.54 Å². The first-order valence-electron chi connectivity index (χ1n) is 17.4. The van der Waals surface area contributed by atoms with Gasteiger partial charge in [0.15, 0.2) is 0 Å². The van der Waals surface area contributed by atoms with Crippen LogP contribution in [-0.2, 0) is 10.3 Å². The molecule has 1 unspecified atom stereocenters. The fourth-order valence-electron chi connectivity index (χ4n) is 5.64. The molecule has 40 heavy (non-hydrogen) atoms. The Morgan fingerprint density at radius 1 is 0.725 bits per heavy atom. The number of rotatable bonds is 25. The van der Waals surface area contributed by atoms with Crippen molar-refractivity contribution in [2.24, 2.45) is 5.92 Å². The van der Waals surface area contributed by atoms with Crippen LogP contribution in [0.5, 0.6) is 0 Å². The van der Waals surface area contributed by atoms with Gasteiger partial charge in [-0.2, -0.15) is 0 Å². The van der Waals surface area contributed by atoms with E-state index in [1.807, 2.05) is 0 Å². The van der Waals surface area contributed by atoms with Crippen molar-refractivity contribution in [3.8, 4) is 0 Å². The molecule has 0 bridgehead atoms. The normalized spacial score (nSPS) is 12.6. The fraction of sp³-hybridized carbons (Fsp3) is 0.811. The molecule has 1 amide bonds. The standard InChI is InChI=1S/C37H67NO2/c1-7-9-11-13-15-17-18-20-22-24-27-33(26-23-21-19-16-14-12-10-8-2)31-40-36(39)38-37(5,6)35-29-25-28-34(30-35)32(3)4/h25,28-30,32-33H,7-24,26-27,31H2,1-6H3,(H,38,39). The van der Waals surface area contributed by atoms with E-state index >= 15 is 0 Å². The molecule has 0 radical (unpaired) electrons. The van der Waals surface area contributed by atoms with Gasteiger partial charge in [-0.05, 0) is 49.7 Å². The molecular weight excluding hydrogens is 490 g/mol. The monoisotopic (exact) mass is 558 g/mol. The van der Waals surface area contributed by atoms with Gasteiger partial charge in [-0.3, -0.25) is 0 Å². The van der Waals surface area contributed by atoms with Crippen molar-refractivity contribution in [1.29, 1.82) is 0 Å². The van der Waals surface area contributed by atoms with Crippen LogP contribution in [0.2, 0.25) is 0 Å². The molecule has 3 heteroatoms. The summed E-state index contributed by atoms with van der Waals surface area (Å²) in [6.07, 6.45) is 26.5. The van der Waals surface area contributed by atoms with E-state index in [4.69, 9.17) is 4.74 Å². The minimum atomic E-state index is -0.466. The molecule has 0 spiro atoms. The zero-order chi connectivity index (χ0) is 29.5. The van der Waals surface area contributed by atoms with Crippen LogP contribution >= 0.6 is 0 Å². The van der Waals surface area contributed by atoms with E-state index in [-0.39, 0.29) is 6.09 Å². The van der Waals surface area contributed by atoms with Crippen LogP contribution < -0.4 is 5.32 Å². The second-order valence-corrected chi connectivity index (χ2v) is 13.2. The van der Waals surface area contributed by atoms with Crippen LogP contribution in [0.3, 0.4) is 0 Å². The Hall–Kier alpha value is -1.51. The number of carbonyl (C=O) groups is 1. The average molecular weight is 558 g/mol. The highest BCUT2D eigenvalue weighted by Gasteiger charge is 2.24. The van der Waals surface area contributed by atoms with Crippen molar-refractivity contribution in [3.63, 3.8) is 0 Å². The smallest absolute Gasteiger partial charge is 0.407 e. The predicted molar refractivity (Wildman–Crippen MR) is 175 cm³/mol. The number of nitrogens with one attached hydrogen (secondary N) is 1. The highest BCUT2D eigenvalue weighted by Crippen LogP contribution is 2.25. The van der Waals surface area contributed by atoms with Gasteiger partial charge in [0, 0.05) is 0 Å². The molecule has 3 nitrogen and oxygen atoms in total. The first kappa shape index (κ1) is 36.5. The lowest BCUT2D eigenvalue weighted by Gasteiger charge is -2.28. The van der Waals surface area contributed by atoms with Crippen molar-refractivity contribution in [2.45, 2.75) is 181 Å². The summed E-state index contributed by atoms with van der Waals surface area (Å²) >= 11 is 0. The van der Waals surface area contributed by atoms with Gasteiger partial charge in [-0.1, -0.05) is 168 Å². The molecule has 0 aliphatic carbocycles. The summed E-state index contributed by atoms with van der Waals surface area (Å²) in [5, 5.41) is 3.14. The van der Waals surface area contributed by atoms with Gasteiger partial charge in [0.1, 0.15) is 0 Å². The topological polar surface area (TPSA) is 38.3 Å². The van der Waals surface area contributed by atoms with Crippen molar-refractivity contribution >= 4 is 6.09 Å². The maximum Gasteiger partial charge on any atom is 0.407 e. The Bertz CT molecular complexity index is 741. The van der Waals surface area contributed by atoms with Crippen LogP contribution in [-0.4, -0.2) is 12.7 Å². The van der Waals surface area contributed by atoms with Crippen molar-refractivity contribution < 1.29 is 9.53 Å². The summed E-state index contributed by atoms with van der Waals surface area (Å²) in [6, 6.07) is 8.56. The minimum absolute atomic E-state index is 0.288. The lowest BCUT2D eigenvalue weighted by Crippen LogP contribution is -2.41. The number of ether oxygens (including phenoxy) is 1. The third-order valence-corrected chi connectivity index (χ3v) is 8.57. The number of benzene rings is 1. The average Bonchev–Trinajstić information content (AvgIpc) is 2.93. The lowest BCUT2D eigenvalue weighted by atomic mass is 9.90. The van der Waals surface area contributed by atoms with E-state index in [1.165, 1.54) is 134 Å². The molecule has 0 aliphatic rings. The van der Waals surface area contributed by atoms with E-state index in [9.17, 15) is 4.79 Å². The molecule has 1 rings (SSSR count). The molecule has 0 aliphatic heterocycles. The third-order valence-electron chi connectivity index (χ3n) is 8.57. The van der Waals surface area contributed by atoms with Crippen molar-refractivity contribution in [3.05, 3.63) is 35.4 Å². The zero-order valence-electron chi connectivity index (χ0n) is 27.6. The lowest BCUT2D eigenvalue weighted by molar-refractivity contribution is 0.112. The second-order valence-electron chi connectivity index (χ2n) is 13.2. The van der Waals surface area contributed by atoms with E-state index in [0.717, 1.165) is 5.56 Å². The van der Waals surface area contributed by atoms with E-state index in [2.05, 4.69) is 71.1 Å². The first-order chi connectivity index (χ1) is 19.3. The molecule has 1 aromatic rings. The molecule has 1 atom stereocenters. The zero-order valence-corrected chi connectivity index (χ0v) is 27.6. The SMILES string of the molecule is CCCCCCCCCCCCC(CCCCCCCCCC)COC(=O)NC(C)(C)c1cccc(C(C)C)c1. The molecular formula is C37H67NO2. The Morgan fingerprint density at radius 2 is 1.18 bits per heavy atom. The number of amides is 1. The number of carbonyl (C=O) groups excluding carboxylic acids is 1. The second kappa shape index (κ2) is 23.1. The maximum absolute atomic E-state index is 12.9. The Kier molecular flexibility index (Phi) is 21.1. The highest BCUT2D eigenvalue weighted by atomic mass is 16.5. The maximum atomic E-state index is 12.9. The van der Waals surface area contributed by atoms with Crippen LogP contribution in [0.15, 0.2) is 24.3 Å². The minimum Gasteiger partial charge on any atom is -0.449 e. The number of unbranched alkanes of at least 4 members (excludes halogenated alkanes) is 16. The van der Waals surface area contributed by atoms with Crippen LogP contribution in [0.1, 0.15) is 187 Å². The quantitative estimate of drug-likeness (QED) is 0.121. The van der Waals surface area contributed by atoms with Crippen LogP contribution in [0.25, 0.3) is 0 Å². The third kappa shape index (κ3) is 18.0. The van der Waals surface area contributed by atoms with Gasteiger partial charge in [-0.15, -0.1) is 0 Å². The Labute approximate surface area is 250 Å². The summed E-state index contributed by atoms with van der Waals surface area (Å²) in [5.41, 5.74) is 1.95. The van der Waals surface area contributed by atoms with Gasteiger partial charge in [-0.25, -0.2) is 4.79 Å². The molecule has 232 valence electrons. The predicted octanol–water partition coefficient (Wildman–Crippen LogP) is 12.2. The van der Waals surface area contributed by atoms with Gasteiger partial charge in [0.2, 0.25) is 0 Å². The van der Waals surface area contributed by atoms with Crippen molar-refractivity contribution in [2.75, 3.05) is 6.61 Å². The van der Waals surface area contributed by atoms with Crippen LogP contribution in [0, 0.1) is 5.92 Å². The summed E-state index contributed by atoms with van der Waals surface area (Å²) in [6.45, 7) is 13.6. The van der Waals surface area contributed by atoms with E-state index in [0.29, 0.717) is 18.4 Å². The van der Waals surface area contributed by atoms with Gasteiger partial charge in [0.05, 0.1) is 12.1 Å². The van der Waals surface area contributed by atoms with E-state index in [1.54, 1.807) is 0 Å². The molecule has 0 aromatic heterocycles. The Morgan fingerprint density at radius 3 is 1.62 bits per heavy atom. The van der Waals surface area contributed by atoms with Gasteiger partial charge in [0.25, 0.3) is 0 Å². The number of hydrogen-bond acceptors (Lipinski definition) is 2. The van der Waals surface area contributed by atoms with Crippen LogP contribution in [0.4, 0.5) is 4.79 Å². The summed E-state index contributed by atoms with van der Waals surface area (Å²) in [5.74, 6) is 0.942. The summed E-state index contributed by atoms with van der Waals surface area (Å²) in [7, 11) is 0. The number of hydrogen-bond donors (Lipinski definition) is 1. The summed E-state index contributed by atoms with van der Waals surface area (Å²) < 4.78 is 5.85. The molecule has 1 aromatic carbocycles. The molecule has 0 saturated carbocycles.